The number of para-hydroxylation sites is 1. The molecule has 1 aromatic heterocycles. The summed E-state index contributed by atoms with van der Waals surface area (Å²) in [7, 11) is 0. The third-order valence-corrected chi connectivity index (χ3v) is 4.03. The standard InChI is InChI=1S/C16H19N3O4/c20-14(18-8-10-23-11-9-18)6-3-7-19-15(21)12-4-1-2-5-13(12)17-16(19)22/h1-2,4-5H,3,6-11H2,(H,17,22). The molecule has 1 saturated heterocycles. The molecule has 7 nitrogen and oxygen atoms in total. The Balaban J connectivity index is 1.68. The average Bonchev–Trinajstić information content (AvgIpc) is 2.58. The van der Waals surface area contributed by atoms with E-state index >= 15 is 0 Å². The smallest absolute Gasteiger partial charge is 0.328 e. The minimum Gasteiger partial charge on any atom is -0.378 e. The van der Waals surface area contributed by atoms with E-state index in [2.05, 4.69) is 4.98 Å². The van der Waals surface area contributed by atoms with Crippen molar-refractivity contribution in [1.82, 2.24) is 14.5 Å². The van der Waals surface area contributed by atoms with Crippen LogP contribution in [0.1, 0.15) is 12.8 Å². The Kier molecular flexibility index (Phi) is 4.57. The minimum absolute atomic E-state index is 0.0403. The molecule has 2 aromatic rings. The number of morpholine rings is 1. The molecule has 1 aromatic carbocycles. The molecule has 1 aliphatic heterocycles. The maximum Gasteiger partial charge on any atom is 0.328 e. The molecule has 0 atom stereocenters. The van der Waals surface area contributed by atoms with Gasteiger partial charge in [-0.25, -0.2) is 4.79 Å². The van der Waals surface area contributed by atoms with E-state index in [1.54, 1.807) is 29.2 Å². The zero-order chi connectivity index (χ0) is 16.2. The van der Waals surface area contributed by atoms with Crippen molar-refractivity contribution in [2.45, 2.75) is 19.4 Å². The Morgan fingerprint density at radius 3 is 2.70 bits per heavy atom. The molecular formula is C16H19N3O4. The van der Waals surface area contributed by atoms with E-state index < -0.39 is 5.69 Å². The van der Waals surface area contributed by atoms with Gasteiger partial charge in [-0.05, 0) is 18.6 Å². The highest BCUT2D eigenvalue weighted by Gasteiger charge is 2.16. The molecule has 23 heavy (non-hydrogen) atoms. The summed E-state index contributed by atoms with van der Waals surface area (Å²) in [5.74, 6) is 0.0403. The van der Waals surface area contributed by atoms with Crippen molar-refractivity contribution < 1.29 is 9.53 Å². The lowest BCUT2D eigenvalue weighted by Gasteiger charge is -2.26. The number of ether oxygens (including phenoxy) is 1. The number of carbonyl (C=O) groups excluding carboxylic acids is 1. The van der Waals surface area contributed by atoms with Gasteiger partial charge in [0.25, 0.3) is 5.56 Å². The first-order valence-electron chi connectivity index (χ1n) is 7.74. The summed E-state index contributed by atoms with van der Waals surface area (Å²) in [6.45, 7) is 2.57. The molecule has 7 heteroatoms. The Morgan fingerprint density at radius 2 is 1.91 bits per heavy atom. The highest BCUT2D eigenvalue weighted by atomic mass is 16.5. The number of aromatic nitrogens is 2. The van der Waals surface area contributed by atoms with Gasteiger partial charge in [0, 0.05) is 26.1 Å². The highest BCUT2D eigenvalue weighted by molar-refractivity contribution is 5.77. The van der Waals surface area contributed by atoms with Crippen LogP contribution < -0.4 is 11.2 Å². The monoisotopic (exact) mass is 317 g/mol. The van der Waals surface area contributed by atoms with Gasteiger partial charge < -0.3 is 14.6 Å². The van der Waals surface area contributed by atoms with Gasteiger partial charge in [0.05, 0.1) is 24.1 Å². The van der Waals surface area contributed by atoms with Gasteiger partial charge in [-0.1, -0.05) is 12.1 Å². The van der Waals surface area contributed by atoms with E-state index in [4.69, 9.17) is 4.74 Å². The van der Waals surface area contributed by atoms with Crippen LogP contribution in [0.5, 0.6) is 0 Å². The number of hydrogen-bond donors (Lipinski definition) is 1. The number of carbonyl (C=O) groups is 1. The van der Waals surface area contributed by atoms with Crippen LogP contribution in [0.3, 0.4) is 0 Å². The van der Waals surface area contributed by atoms with Gasteiger partial charge in [-0.15, -0.1) is 0 Å². The molecule has 0 unspecified atom stereocenters. The van der Waals surface area contributed by atoms with Crippen LogP contribution in [0.2, 0.25) is 0 Å². The second kappa shape index (κ2) is 6.78. The predicted octanol–water partition coefficient (Wildman–Crippen LogP) is 0.329. The molecule has 1 amide bonds. The van der Waals surface area contributed by atoms with Crippen molar-refractivity contribution in [3.8, 4) is 0 Å². The van der Waals surface area contributed by atoms with E-state index in [0.717, 1.165) is 4.57 Å². The van der Waals surface area contributed by atoms with Gasteiger partial charge in [0.15, 0.2) is 0 Å². The van der Waals surface area contributed by atoms with Crippen LogP contribution in [0.15, 0.2) is 33.9 Å². The molecule has 0 bridgehead atoms. The SMILES string of the molecule is O=C(CCCn1c(=O)[nH]c2ccccc2c1=O)N1CCOCC1. The molecule has 1 fully saturated rings. The van der Waals surface area contributed by atoms with E-state index in [9.17, 15) is 14.4 Å². The summed E-state index contributed by atoms with van der Waals surface area (Å²) in [4.78, 5) is 40.9. The summed E-state index contributed by atoms with van der Waals surface area (Å²) in [5.41, 5.74) is -0.223. The number of hydrogen-bond acceptors (Lipinski definition) is 4. The number of benzene rings is 1. The molecule has 0 aliphatic carbocycles. The first-order valence-corrected chi connectivity index (χ1v) is 7.74. The van der Waals surface area contributed by atoms with Crippen molar-refractivity contribution >= 4 is 16.8 Å². The first-order chi connectivity index (χ1) is 11.2. The van der Waals surface area contributed by atoms with E-state index in [-0.39, 0.29) is 18.0 Å². The van der Waals surface area contributed by atoms with Crippen LogP contribution in [0.4, 0.5) is 0 Å². The fraction of sp³-hybridized carbons (Fsp3) is 0.438. The van der Waals surface area contributed by atoms with Crippen LogP contribution in [0.25, 0.3) is 10.9 Å². The third-order valence-electron chi connectivity index (χ3n) is 4.03. The second-order valence-electron chi connectivity index (χ2n) is 5.53. The van der Waals surface area contributed by atoms with Crippen molar-refractivity contribution in [3.05, 3.63) is 45.1 Å². The normalized spacial score (nSPS) is 15.0. The van der Waals surface area contributed by atoms with Crippen LogP contribution in [-0.4, -0.2) is 46.7 Å². The summed E-state index contributed by atoms with van der Waals surface area (Å²) in [5, 5.41) is 0.478. The molecule has 1 aliphatic rings. The zero-order valence-corrected chi connectivity index (χ0v) is 12.8. The highest BCUT2D eigenvalue weighted by Crippen LogP contribution is 2.05. The Morgan fingerprint density at radius 1 is 1.17 bits per heavy atom. The summed E-state index contributed by atoms with van der Waals surface area (Å²) in [6, 6.07) is 6.91. The van der Waals surface area contributed by atoms with E-state index in [1.807, 2.05) is 0 Å². The van der Waals surface area contributed by atoms with Gasteiger partial charge in [-0.2, -0.15) is 0 Å². The number of rotatable bonds is 4. The maximum absolute atomic E-state index is 12.4. The lowest BCUT2D eigenvalue weighted by atomic mass is 10.2. The average molecular weight is 317 g/mol. The third kappa shape index (κ3) is 3.34. The zero-order valence-electron chi connectivity index (χ0n) is 12.8. The van der Waals surface area contributed by atoms with Crippen LogP contribution in [0, 0.1) is 0 Å². The van der Waals surface area contributed by atoms with E-state index in [0.29, 0.717) is 50.0 Å². The predicted molar refractivity (Wildman–Crippen MR) is 85.5 cm³/mol. The van der Waals surface area contributed by atoms with Gasteiger partial charge in [0.2, 0.25) is 5.91 Å². The van der Waals surface area contributed by atoms with Crippen molar-refractivity contribution in [2.75, 3.05) is 26.3 Å². The van der Waals surface area contributed by atoms with Gasteiger partial charge in [0.1, 0.15) is 0 Å². The van der Waals surface area contributed by atoms with Crippen molar-refractivity contribution in [3.63, 3.8) is 0 Å². The Bertz CT molecular complexity index is 818. The molecule has 122 valence electrons. The first kappa shape index (κ1) is 15.5. The summed E-state index contributed by atoms with van der Waals surface area (Å²) in [6.07, 6.45) is 0.774. The molecule has 0 saturated carbocycles. The fourth-order valence-corrected chi connectivity index (χ4v) is 2.76. The Hall–Kier alpha value is -2.41. The van der Waals surface area contributed by atoms with Gasteiger partial charge in [-0.3, -0.25) is 14.2 Å². The van der Waals surface area contributed by atoms with E-state index in [1.165, 1.54) is 0 Å². The molecule has 0 spiro atoms. The minimum atomic E-state index is -0.437. The van der Waals surface area contributed by atoms with Crippen molar-refractivity contribution in [2.24, 2.45) is 0 Å². The number of aromatic amines is 1. The molecule has 2 heterocycles. The number of nitrogens with zero attached hydrogens (tertiary/aromatic N) is 2. The largest absolute Gasteiger partial charge is 0.378 e. The van der Waals surface area contributed by atoms with Crippen LogP contribution in [-0.2, 0) is 16.1 Å². The second-order valence-corrected chi connectivity index (χ2v) is 5.53. The van der Waals surface area contributed by atoms with Crippen LogP contribution >= 0.6 is 0 Å². The lowest BCUT2D eigenvalue weighted by molar-refractivity contribution is -0.135. The lowest BCUT2D eigenvalue weighted by Crippen LogP contribution is -2.41. The molecule has 0 radical (unpaired) electrons. The fourth-order valence-electron chi connectivity index (χ4n) is 2.76. The topological polar surface area (TPSA) is 84.4 Å². The van der Waals surface area contributed by atoms with Crippen molar-refractivity contribution in [1.29, 1.82) is 0 Å². The number of H-pyrrole nitrogens is 1. The number of nitrogens with one attached hydrogen (secondary N) is 1. The number of fused-ring (bicyclic) bond motifs is 1. The van der Waals surface area contributed by atoms with Gasteiger partial charge >= 0.3 is 5.69 Å². The Labute approximate surface area is 132 Å². The molecular weight excluding hydrogens is 298 g/mol. The number of amides is 1. The summed E-state index contributed by atoms with van der Waals surface area (Å²) >= 11 is 0. The summed E-state index contributed by atoms with van der Waals surface area (Å²) < 4.78 is 6.37. The molecule has 3 rings (SSSR count). The molecule has 1 N–H and O–H groups in total. The maximum atomic E-state index is 12.4. The quantitative estimate of drug-likeness (QED) is 0.880.